The molecule has 0 radical (unpaired) electrons. The monoisotopic (exact) mass is 482 g/mol. The maximum absolute atomic E-state index is 13.9. The van der Waals surface area contributed by atoms with Crippen molar-refractivity contribution in [2.45, 2.75) is 57.9 Å². The quantitative estimate of drug-likeness (QED) is 0.407. The van der Waals surface area contributed by atoms with E-state index in [1.54, 1.807) is 30.3 Å². The van der Waals surface area contributed by atoms with Crippen molar-refractivity contribution in [3.8, 4) is 0 Å². The summed E-state index contributed by atoms with van der Waals surface area (Å²) in [6.07, 6.45) is -2.30. The van der Waals surface area contributed by atoms with Crippen LogP contribution in [0.3, 0.4) is 0 Å². The maximum Gasteiger partial charge on any atom is 0.416 e. The summed E-state index contributed by atoms with van der Waals surface area (Å²) >= 11 is 6.39. The van der Waals surface area contributed by atoms with Gasteiger partial charge in [0.25, 0.3) is 0 Å². The molecule has 0 bridgehead atoms. The van der Waals surface area contributed by atoms with Crippen molar-refractivity contribution in [1.82, 2.24) is 0 Å². The number of carbonyl (C=O) groups excluding carboxylic acids is 1. The van der Waals surface area contributed by atoms with Gasteiger partial charge in [-0.15, -0.1) is 0 Å². The highest BCUT2D eigenvalue weighted by atomic mass is 35.5. The molecular weight excluding hydrogens is 453 g/mol. The van der Waals surface area contributed by atoms with Crippen LogP contribution in [0.1, 0.15) is 56.7 Å². The summed E-state index contributed by atoms with van der Waals surface area (Å²) in [6.45, 7) is 6.29. The van der Waals surface area contributed by atoms with E-state index in [0.717, 1.165) is 31.0 Å². The molecule has 33 heavy (non-hydrogen) atoms. The molecule has 0 amide bonds. The fourth-order valence-electron chi connectivity index (χ4n) is 4.81. The van der Waals surface area contributed by atoms with Gasteiger partial charge in [-0.1, -0.05) is 69.1 Å². The third kappa shape index (κ3) is 5.22. The van der Waals surface area contributed by atoms with E-state index in [-0.39, 0.29) is 22.6 Å². The van der Waals surface area contributed by atoms with Gasteiger partial charge in [0.05, 0.1) is 5.56 Å². The lowest BCUT2D eigenvalue weighted by molar-refractivity contribution is -0.177. The van der Waals surface area contributed by atoms with Crippen LogP contribution in [0.25, 0.3) is 0 Å². The molecule has 0 spiro atoms. The van der Waals surface area contributed by atoms with Crippen LogP contribution in [0.5, 0.6) is 0 Å². The largest absolute Gasteiger partial charge is 0.459 e. The van der Waals surface area contributed by atoms with Crippen molar-refractivity contribution in [3.63, 3.8) is 0 Å². The minimum atomic E-state index is -4.61. The predicted molar refractivity (Wildman–Crippen MR) is 122 cm³/mol. The Labute approximate surface area is 198 Å². The Kier molecular flexibility index (Phi) is 7.80. The fourth-order valence-corrected chi connectivity index (χ4v) is 5.06. The number of methoxy groups -OCH3 is 1. The molecule has 1 saturated carbocycles. The first-order valence-electron chi connectivity index (χ1n) is 11.2. The van der Waals surface area contributed by atoms with Crippen molar-refractivity contribution >= 4 is 17.6 Å². The molecule has 1 aliphatic carbocycles. The Morgan fingerprint density at radius 2 is 1.73 bits per heavy atom. The van der Waals surface area contributed by atoms with E-state index in [1.165, 1.54) is 7.11 Å². The maximum atomic E-state index is 13.9. The van der Waals surface area contributed by atoms with E-state index in [4.69, 9.17) is 21.1 Å². The molecular formula is C26H30ClF3O3. The van der Waals surface area contributed by atoms with Gasteiger partial charge < -0.3 is 9.47 Å². The number of esters is 1. The number of benzene rings is 2. The van der Waals surface area contributed by atoms with Gasteiger partial charge in [0, 0.05) is 17.7 Å². The van der Waals surface area contributed by atoms with Gasteiger partial charge in [0.2, 0.25) is 5.60 Å². The molecule has 1 fully saturated rings. The second kappa shape index (κ2) is 10.1. The summed E-state index contributed by atoms with van der Waals surface area (Å²) in [4.78, 5) is 13.9. The summed E-state index contributed by atoms with van der Waals surface area (Å²) in [6, 6.07) is 11.3. The highest BCUT2D eigenvalue weighted by Gasteiger charge is 2.49. The van der Waals surface area contributed by atoms with E-state index >= 15 is 0 Å². The number of rotatable bonds is 6. The second-order valence-electron chi connectivity index (χ2n) is 9.21. The number of hydrogen-bond donors (Lipinski definition) is 0. The van der Waals surface area contributed by atoms with Gasteiger partial charge in [-0.05, 0) is 54.4 Å². The summed E-state index contributed by atoms with van der Waals surface area (Å²) in [5.41, 5.74) is -2.60. The molecule has 3 nitrogen and oxygen atoms in total. The first-order chi connectivity index (χ1) is 15.5. The highest BCUT2D eigenvalue weighted by Crippen LogP contribution is 2.43. The normalized spacial score (nSPS) is 23.2. The standard InChI is InChI=1S/C26H30ClF3O3/c1-16(2)20-12-10-17(3)14-23(20)33-24(31)25(32-4,18-8-6-5-7-9-18)21-15-19(26(28,29)30)11-13-22(21)27/h5-9,11,13,15-17,20,23H,10,12,14H2,1-4H3. The molecule has 4 atom stereocenters. The Bertz CT molecular complexity index is 961. The summed E-state index contributed by atoms with van der Waals surface area (Å²) in [7, 11) is 1.29. The van der Waals surface area contributed by atoms with Gasteiger partial charge >= 0.3 is 12.1 Å². The molecule has 0 aromatic heterocycles. The van der Waals surface area contributed by atoms with Crippen LogP contribution in [0.2, 0.25) is 5.02 Å². The highest BCUT2D eigenvalue weighted by molar-refractivity contribution is 6.31. The summed E-state index contributed by atoms with van der Waals surface area (Å²) in [5.74, 6) is 0.0689. The average molecular weight is 483 g/mol. The lowest BCUT2D eigenvalue weighted by Gasteiger charge is -2.39. The van der Waals surface area contributed by atoms with Crippen LogP contribution in [-0.2, 0) is 26.0 Å². The molecule has 2 aromatic rings. The minimum absolute atomic E-state index is 0.0110. The third-order valence-electron chi connectivity index (χ3n) is 6.67. The van der Waals surface area contributed by atoms with E-state index in [9.17, 15) is 18.0 Å². The molecule has 7 heteroatoms. The third-order valence-corrected chi connectivity index (χ3v) is 7.00. The molecule has 3 rings (SSSR count). The summed E-state index contributed by atoms with van der Waals surface area (Å²) in [5, 5.41) is -0.0110. The number of carbonyl (C=O) groups is 1. The number of hydrogen-bond acceptors (Lipinski definition) is 3. The van der Waals surface area contributed by atoms with Crippen LogP contribution in [-0.4, -0.2) is 19.2 Å². The van der Waals surface area contributed by atoms with Crippen molar-refractivity contribution in [1.29, 1.82) is 0 Å². The first kappa shape index (κ1) is 25.6. The fraction of sp³-hybridized carbons (Fsp3) is 0.500. The Hall–Kier alpha value is -2.05. The molecule has 4 unspecified atom stereocenters. The van der Waals surface area contributed by atoms with Crippen molar-refractivity contribution in [3.05, 3.63) is 70.2 Å². The second-order valence-corrected chi connectivity index (χ2v) is 9.62. The van der Waals surface area contributed by atoms with Gasteiger partial charge in [-0.2, -0.15) is 13.2 Å². The molecule has 0 aliphatic heterocycles. The molecule has 0 heterocycles. The zero-order chi connectivity index (χ0) is 24.4. The van der Waals surface area contributed by atoms with Gasteiger partial charge in [0.15, 0.2) is 0 Å². The van der Waals surface area contributed by atoms with Crippen molar-refractivity contribution in [2.24, 2.45) is 17.8 Å². The van der Waals surface area contributed by atoms with Gasteiger partial charge in [0.1, 0.15) is 6.10 Å². The van der Waals surface area contributed by atoms with Crippen LogP contribution < -0.4 is 0 Å². The zero-order valence-electron chi connectivity index (χ0n) is 19.3. The SMILES string of the molecule is COC(C(=O)OC1CC(C)CCC1C(C)C)(c1ccccc1)c1cc(C(F)(F)F)ccc1Cl. The smallest absolute Gasteiger partial charge is 0.416 e. The Morgan fingerprint density at radius 1 is 1.06 bits per heavy atom. The molecule has 0 saturated heterocycles. The van der Waals surface area contributed by atoms with E-state index in [2.05, 4.69) is 20.8 Å². The summed E-state index contributed by atoms with van der Waals surface area (Å²) < 4.78 is 52.5. The van der Waals surface area contributed by atoms with Crippen LogP contribution in [0.15, 0.2) is 48.5 Å². The van der Waals surface area contributed by atoms with Crippen LogP contribution >= 0.6 is 11.6 Å². The number of ether oxygens (including phenoxy) is 2. The molecule has 2 aromatic carbocycles. The van der Waals surface area contributed by atoms with Crippen molar-refractivity contribution in [2.75, 3.05) is 7.11 Å². The van der Waals surface area contributed by atoms with Crippen molar-refractivity contribution < 1.29 is 27.4 Å². The Balaban J connectivity index is 2.14. The van der Waals surface area contributed by atoms with E-state index < -0.39 is 23.3 Å². The first-order valence-corrected chi connectivity index (χ1v) is 11.6. The lowest BCUT2D eigenvalue weighted by Crippen LogP contribution is -2.45. The molecule has 0 N–H and O–H groups in total. The topological polar surface area (TPSA) is 35.5 Å². The zero-order valence-corrected chi connectivity index (χ0v) is 20.0. The predicted octanol–water partition coefficient (Wildman–Crippen LogP) is 7.25. The van der Waals surface area contributed by atoms with E-state index in [1.807, 2.05) is 0 Å². The molecule has 1 aliphatic rings. The minimum Gasteiger partial charge on any atom is -0.459 e. The van der Waals surface area contributed by atoms with E-state index in [0.29, 0.717) is 23.8 Å². The lowest BCUT2D eigenvalue weighted by atomic mass is 9.75. The van der Waals surface area contributed by atoms with Gasteiger partial charge in [-0.3, -0.25) is 0 Å². The van der Waals surface area contributed by atoms with Crippen LogP contribution in [0, 0.1) is 17.8 Å². The molecule has 180 valence electrons. The van der Waals surface area contributed by atoms with Crippen LogP contribution in [0.4, 0.5) is 13.2 Å². The van der Waals surface area contributed by atoms with Gasteiger partial charge in [-0.25, -0.2) is 4.79 Å². The Morgan fingerprint density at radius 3 is 2.30 bits per heavy atom. The average Bonchev–Trinajstić information content (AvgIpc) is 2.75. The number of halogens is 4. The number of alkyl halides is 3.